The summed E-state index contributed by atoms with van der Waals surface area (Å²) in [5.74, 6) is 0.0315. The molecule has 0 radical (unpaired) electrons. The Hall–Kier alpha value is -1.75. The van der Waals surface area contributed by atoms with Crippen molar-refractivity contribution >= 4 is 23.0 Å². The van der Waals surface area contributed by atoms with Gasteiger partial charge in [0.05, 0.1) is 17.5 Å². The van der Waals surface area contributed by atoms with Crippen molar-refractivity contribution in [3.63, 3.8) is 0 Å². The maximum absolute atomic E-state index is 11.3. The molecule has 0 aromatic heterocycles. The monoisotopic (exact) mass is 249 g/mol. The number of carbonyl (C=O) groups excluding carboxylic acids is 1. The number of aliphatic hydroxyl groups is 1. The lowest BCUT2D eigenvalue weighted by Crippen LogP contribution is -2.21. The van der Waals surface area contributed by atoms with E-state index in [9.17, 15) is 9.90 Å². The standard InChI is InChI=1S/C13H19N3O2/c1-2-9(17)7-15-12-5-8-3-4-13(18)16-11(8)6-10(12)14/h5-6,9,15,17H,2-4,7,14H2,1H3,(H,16,18). The molecule has 98 valence electrons. The van der Waals surface area contributed by atoms with Crippen molar-refractivity contribution in [2.45, 2.75) is 32.3 Å². The third-order valence-electron chi connectivity index (χ3n) is 3.17. The second-order valence-electron chi connectivity index (χ2n) is 4.59. The quantitative estimate of drug-likeness (QED) is 0.606. The minimum absolute atomic E-state index is 0.0315. The van der Waals surface area contributed by atoms with Crippen molar-refractivity contribution in [1.82, 2.24) is 0 Å². The number of benzene rings is 1. The summed E-state index contributed by atoms with van der Waals surface area (Å²) < 4.78 is 0. The summed E-state index contributed by atoms with van der Waals surface area (Å²) in [4.78, 5) is 11.3. The van der Waals surface area contributed by atoms with Gasteiger partial charge in [-0.2, -0.15) is 0 Å². The van der Waals surface area contributed by atoms with Crippen LogP contribution in [0.2, 0.25) is 0 Å². The average Bonchev–Trinajstić information content (AvgIpc) is 2.35. The van der Waals surface area contributed by atoms with Gasteiger partial charge in [0.1, 0.15) is 0 Å². The Morgan fingerprint density at radius 2 is 2.28 bits per heavy atom. The number of aryl methyl sites for hydroxylation is 1. The van der Waals surface area contributed by atoms with E-state index < -0.39 is 0 Å². The van der Waals surface area contributed by atoms with E-state index in [4.69, 9.17) is 5.73 Å². The van der Waals surface area contributed by atoms with E-state index in [0.717, 1.165) is 23.4 Å². The lowest BCUT2D eigenvalue weighted by molar-refractivity contribution is -0.116. The first kappa shape index (κ1) is 12.7. The molecule has 5 nitrogen and oxygen atoms in total. The van der Waals surface area contributed by atoms with Crippen molar-refractivity contribution in [3.05, 3.63) is 17.7 Å². The summed E-state index contributed by atoms with van der Waals surface area (Å²) in [5, 5.41) is 15.5. The van der Waals surface area contributed by atoms with Crippen LogP contribution in [0.1, 0.15) is 25.3 Å². The molecule has 1 atom stereocenters. The molecule has 1 unspecified atom stereocenters. The average molecular weight is 249 g/mol. The summed E-state index contributed by atoms with van der Waals surface area (Å²) in [6.45, 7) is 2.41. The predicted octanol–water partition coefficient (Wildman–Crippen LogP) is 1.34. The highest BCUT2D eigenvalue weighted by atomic mass is 16.3. The molecule has 0 bridgehead atoms. The van der Waals surface area contributed by atoms with E-state index in [1.165, 1.54) is 0 Å². The minimum atomic E-state index is -0.375. The molecule has 18 heavy (non-hydrogen) atoms. The maximum atomic E-state index is 11.3. The van der Waals surface area contributed by atoms with E-state index in [-0.39, 0.29) is 12.0 Å². The summed E-state index contributed by atoms with van der Waals surface area (Å²) in [7, 11) is 0. The van der Waals surface area contributed by atoms with Crippen molar-refractivity contribution < 1.29 is 9.90 Å². The molecule has 1 heterocycles. The van der Waals surface area contributed by atoms with Gasteiger partial charge in [0.15, 0.2) is 0 Å². The molecule has 1 aromatic rings. The van der Waals surface area contributed by atoms with Crippen LogP contribution >= 0.6 is 0 Å². The number of anilines is 3. The number of hydrogen-bond donors (Lipinski definition) is 4. The molecule has 2 rings (SSSR count). The van der Waals surface area contributed by atoms with Crippen LogP contribution in [0.25, 0.3) is 0 Å². The molecule has 5 N–H and O–H groups in total. The molecule has 1 aliphatic rings. The van der Waals surface area contributed by atoms with Gasteiger partial charge in [-0.05, 0) is 30.5 Å². The van der Waals surface area contributed by atoms with E-state index in [1.54, 1.807) is 6.07 Å². The maximum Gasteiger partial charge on any atom is 0.224 e. The third-order valence-corrected chi connectivity index (χ3v) is 3.17. The van der Waals surface area contributed by atoms with Crippen LogP contribution in [0, 0.1) is 0 Å². The third kappa shape index (κ3) is 2.73. The van der Waals surface area contributed by atoms with Crippen molar-refractivity contribution in [2.24, 2.45) is 0 Å². The van der Waals surface area contributed by atoms with Crippen LogP contribution in [0.5, 0.6) is 0 Å². The first-order chi connectivity index (χ1) is 8.60. The zero-order valence-corrected chi connectivity index (χ0v) is 10.5. The first-order valence-electron chi connectivity index (χ1n) is 6.24. The Morgan fingerprint density at radius 3 is 3.00 bits per heavy atom. The molecule has 0 aliphatic carbocycles. The second kappa shape index (κ2) is 5.27. The van der Waals surface area contributed by atoms with Gasteiger partial charge >= 0.3 is 0 Å². The van der Waals surface area contributed by atoms with Crippen molar-refractivity contribution in [2.75, 3.05) is 22.9 Å². The predicted molar refractivity (Wildman–Crippen MR) is 72.6 cm³/mol. The second-order valence-corrected chi connectivity index (χ2v) is 4.59. The van der Waals surface area contributed by atoms with E-state index in [1.807, 2.05) is 13.0 Å². The van der Waals surface area contributed by atoms with Crippen LogP contribution in [0.15, 0.2) is 12.1 Å². The molecule has 0 saturated carbocycles. The van der Waals surface area contributed by atoms with Gasteiger partial charge in [-0.25, -0.2) is 0 Å². The SMILES string of the molecule is CCC(O)CNc1cc2c(cc1N)NC(=O)CC2. The lowest BCUT2D eigenvalue weighted by Gasteiger charge is -2.20. The Morgan fingerprint density at radius 1 is 1.50 bits per heavy atom. The Bertz CT molecular complexity index is 460. The minimum Gasteiger partial charge on any atom is -0.397 e. The van der Waals surface area contributed by atoms with Gasteiger partial charge in [-0.3, -0.25) is 4.79 Å². The van der Waals surface area contributed by atoms with Crippen LogP contribution in [-0.4, -0.2) is 23.7 Å². The van der Waals surface area contributed by atoms with Crippen molar-refractivity contribution in [3.8, 4) is 0 Å². The number of nitrogens with two attached hydrogens (primary N) is 1. The topological polar surface area (TPSA) is 87.4 Å². The zero-order valence-electron chi connectivity index (χ0n) is 10.5. The number of amides is 1. The molecule has 0 saturated heterocycles. The lowest BCUT2D eigenvalue weighted by atomic mass is 10.0. The van der Waals surface area contributed by atoms with Crippen LogP contribution in [-0.2, 0) is 11.2 Å². The molecule has 1 aliphatic heterocycles. The number of hydrogen-bond acceptors (Lipinski definition) is 4. The van der Waals surface area contributed by atoms with Gasteiger partial charge in [0.2, 0.25) is 5.91 Å². The highest BCUT2D eigenvalue weighted by Gasteiger charge is 2.16. The largest absolute Gasteiger partial charge is 0.397 e. The van der Waals surface area contributed by atoms with Crippen LogP contribution < -0.4 is 16.4 Å². The molecule has 0 fully saturated rings. The first-order valence-corrected chi connectivity index (χ1v) is 6.24. The number of nitrogens with one attached hydrogen (secondary N) is 2. The molecular weight excluding hydrogens is 230 g/mol. The van der Waals surface area contributed by atoms with Gasteiger partial charge < -0.3 is 21.5 Å². The number of aliphatic hydroxyl groups excluding tert-OH is 1. The summed E-state index contributed by atoms with van der Waals surface area (Å²) in [5.41, 5.74) is 9.20. The Balaban J connectivity index is 2.15. The van der Waals surface area contributed by atoms with Gasteiger partial charge in [-0.15, -0.1) is 0 Å². The highest BCUT2D eigenvalue weighted by Crippen LogP contribution is 2.30. The smallest absolute Gasteiger partial charge is 0.224 e. The fourth-order valence-corrected chi connectivity index (χ4v) is 1.97. The molecule has 1 amide bonds. The van der Waals surface area contributed by atoms with Gasteiger partial charge in [0.25, 0.3) is 0 Å². The zero-order chi connectivity index (χ0) is 13.1. The molecular formula is C13H19N3O2. The molecule has 1 aromatic carbocycles. The number of fused-ring (bicyclic) bond motifs is 1. The van der Waals surface area contributed by atoms with E-state index >= 15 is 0 Å². The fourth-order valence-electron chi connectivity index (χ4n) is 1.97. The van der Waals surface area contributed by atoms with Crippen LogP contribution in [0.3, 0.4) is 0 Å². The van der Waals surface area contributed by atoms with Gasteiger partial charge in [0, 0.05) is 18.7 Å². The Kier molecular flexibility index (Phi) is 3.72. The van der Waals surface area contributed by atoms with E-state index in [2.05, 4.69) is 10.6 Å². The summed E-state index contributed by atoms with van der Waals surface area (Å²) in [6.07, 6.45) is 1.56. The number of carbonyl (C=O) groups is 1. The molecule has 0 spiro atoms. The van der Waals surface area contributed by atoms with Gasteiger partial charge in [-0.1, -0.05) is 6.92 Å². The fraction of sp³-hybridized carbons (Fsp3) is 0.462. The number of rotatable bonds is 4. The normalized spacial score (nSPS) is 15.8. The van der Waals surface area contributed by atoms with Crippen LogP contribution in [0.4, 0.5) is 17.1 Å². The van der Waals surface area contributed by atoms with E-state index in [0.29, 0.717) is 25.1 Å². The summed E-state index contributed by atoms with van der Waals surface area (Å²) >= 11 is 0. The van der Waals surface area contributed by atoms with Crippen molar-refractivity contribution in [1.29, 1.82) is 0 Å². The molecule has 5 heteroatoms. The highest BCUT2D eigenvalue weighted by molar-refractivity contribution is 5.95. The summed E-state index contributed by atoms with van der Waals surface area (Å²) in [6, 6.07) is 3.72. The Labute approximate surface area is 106 Å². The number of nitrogen functional groups attached to an aromatic ring is 1.